The van der Waals surface area contributed by atoms with Gasteiger partial charge in [-0.15, -0.1) is 5.10 Å². The number of ether oxygens (including phenoxy) is 1. The van der Waals surface area contributed by atoms with Crippen LogP contribution in [0.15, 0.2) is 35.1 Å². The minimum Gasteiger partial charge on any atom is -0.480 e. The molecule has 1 atom stereocenters. The van der Waals surface area contributed by atoms with E-state index in [9.17, 15) is 27.2 Å². The number of hydrogen-bond acceptors (Lipinski definition) is 4. The van der Waals surface area contributed by atoms with Gasteiger partial charge in [0.1, 0.15) is 28.9 Å². The summed E-state index contributed by atoms with van der Waals surface area (Å²) < 4.78 is 90.2. The number of nitrogens with zero attached hydrogens (tertiary/aromatic N) is 3. The van der Waals surface area contributed by atoms with Gasteiger partial charge >= 0.3 is 11.9 Å². The number of halogens is 7. The van der Waals surface area contributed by atoms with E-state index in [1.165, 1.54) is 19.2 Å². The smallest absolute Gasteiger partial charge is 0.425 e. The summed E-state index contributed by atoms with van der Waals surface area (Å²) >= 11 is 5.88. The molecule has 2 aromatic carbocycles. The van der Waals surface area contributed by atoms with E-state index < -0.39 is 69.7 Å². The van der Waals surface area contributed by atoms with Crippen LogP contribution in [0, 0.1) is 11.6 Å². The second kappa shape index (κ2) is 10.7. The van der Waals surface area contributed by atoms with Crippen molar-refractivity contribution in [2.24, 2.45) is 7.05 Å². The lowest BCUT2D eigenvalue weighted by Crippen LogP contribution is -2.31. The molecule has 0 aliphatic carbocycles. The minimum absolute atomic E-state index is 0.188. The number of alkyl halides is 3. The van der Waals surface area contributed by atoms with Crippen molar-refractivity contribution < 1.29 is 35.9 Å². The van der Waals surface area contributed by atoms with E-state index in [-0.39, 0.29) is 11.6 Å². The van der Waals surface area contributed by atoms with Crippen LogP contribution in [0.4, 0.5) is 26.3 Å². The van der Waals surface area contributed by atoms with Gasteiger partial charge in [0.2, 0.25) is 5.82 Å². The predicted octanol–water partition coefficient (Wildman–Crippen LogP) is 5.05. The number of carbonyl (C=O) groups is 1. The second-order valence-corrected chi connectivity index (χ2v) is 8.07. The van der Waals surface area contributed by atoms with Crippen molar-refractivity contribution >= 4 is 29.4 Å². The van der Waals surface area contributed by atoms with Gasteiger partial charge in [-0.05, 0) is 38.1 Å². The van der Waals surface area contributed by atoms with Crippen LogP contribution in [0.1, 0.15) is 35.6 Å². The Labute approximate surface area is 210 Å². The molecule has 1 aromatic heterocycles. The molecule has 198 valence electrons. The Morgan fingerprint density at radius 1 is 1.24 bits per heavy atom. The molecule has 0 saturated carbocycles. The highest BCUT2D eigenvalue weighted by Crippen LogP contribution is 2.36. The molecule has 3 aromatic rings. The van der Waals surface area contributed by atoms with E-state index in [4.69, 9.17) is 16.3 Å². The van der Waals surface area contributed by atoms with Crippen molar-refractivity contribution in [1.29, 1.82) is 0 Å². The van der Waals surface area contributed by atoms with E-state index in [1.807, 2.05) is 0 Å². The molecule has 0 saturated heterocycles. The van der Waals surface area contributed by atoms with Gasteiger partial charge in [0.25, 0.3) is 5.91 Å². The number of hydrogen-bond donors (Lipinski definition) is 1. The van der Waals surface area contributed by atoms with Crippen LogP contribution in [0.25, 0.3) is 17.6 Å². The van der Waals surface area contributed by atoms with E-state index in [2.05, 4.69) is 10.4 Å². The SMILES string of the molecule is CCNC(=O)c1nn(-c2cc(O[C@@H](C)C(F)(F)F)c(/C(F)=C/c3c(F)cccc3Cl)cc2F)c(=O)n1C. The number of nitrogens with one attached hydrogen (secondary N) is 1. The zero-order chi connectivity index (χ0) is 27.7. The van der Waals surface area contributed by atoms with Gasteiger partial charge in [0, 0.05) is 25.2 Å². The summed E-state index contributed by atoms with van der Waals surface area (Å²) in [6.45, 7) is 2.42. The summed E-state index contributed by atoms with van der Waals surface area (Å²) in [5.41, 5.74) is -2.99. The maximum atomic E-state index is 15.2. The zero-order valence-electron chi connectivity index (χ0n) is 19.5. The Morgan fingerprint density at radius 2 is 1.92 bits per heavy atom. The molecule has 37 heavy (non-hydrogen) atoms. The third-order valence-electron chi connectivity index (χ3n) is 5.09. The van der Waals surface area contributed by atoms with Crippen LogP contribution in [-0.2, 0) is 7.05 Å². The van der Waals surface area contributed by atoms with E-state index in [1.54, 1.807) is 6.92 Å². The first-order chi connectivity index (χ1) is 17.3. The molecular formula is C23H19ClF6N4O3. The number of benzene rings is 2. The number of rotatable bonds is 7. The van der Waals surface area contributed by atoms with Gasteiger partial charge in [-0.3, -0.25) is 9.36 Å². The summed E-state index contributed by atoms with van der Waals surface area (Å²) in [6, 6.07) is 4.55. The van der Waals surface area contributed by atoms with Crippen molar-refractivity contribution in [1.82, 2.24) is 19.7 Å². The average Bonchev–Trinajstić information content (AvgIpc) is 3.11. The summed E-state index contributed by atoms with van der Waals surface area (Å²) in [5, 5.41) is 5.95. The number of carbonyl (C=O) groups excluding carboxylic acids is 1. The lowest BCUT2D eigenvalue weighted by atomic mass is 10.1. The molecule has 1 heterocycles. The molecular weight excluding hydrogens is 530 g/mol. The molecule has 0 unspecified atom stereocenters. The molecule has 0 aliphatic heterocycles. The molecule has 0 fully saturated rings. The summed E-state index contributed by atoms with van der Waals surface area (Å²) in [6.07, 6.45) is -6.81. The van der Waals surface area contributed by atoms with Crippen molar-refractivity contribution in [2.45, 2.75) is 26.1 Å². The normalized spacial score (nSPS) is 13.0. The maximum absolute atomic E-state index is 15.2. The molecule has 1 amide bonds. The molecule has 14 heteroatoms. The van der Waals surface area contributed by atoms with Gasteiger partial charge in [-0.1, -0.05) is 17.7 Å². The highest BCUT2D eigenvalue weighted by atomic mass is 35.5. The summed E-state index contributed by atoms with van der Waals surface area (Å²) in [4.78, 5) is 24.8. The number of aromatic nitrogens is 3. The largest absolute Gasteiger partial charge is 0.480 e. The van der Waals surface area contributed by atoms with Crippen LogP contribution in [0.5, 0.6) is 5.75 Å². The fourth-order valence-electron chi connectivity index (χ4n) is 3.13. The van der Waals surface area contributed by atoms with Crippen molar-refractivity contribution in [2.75, 3.05) is 6.54 Å². The zero-order valence-corrected chi connectivity index (χ0v) is 20.2. The topological polar surface area (TPSA) is 78.2 Å². The third kappa shape index (κ3) is 5.82. The lowest BCUT2D eigenvalue weighted by Gasteiger charge is -2.20. The molecule has 0 spiro atoms. The van der Waals surface area contributed by atoms with Gasteiger partial charge in [0.15, 0.2) is 6.10 Å². The van der Waals surface area contributed by atoms with Crippen molar-refractivity contribution in [3.05, 3.63) is 74.4 Å². The molecule has 3 rings (SSSR count). The van der Waals surface area contributed by atoms with Crippen LogP contribution in [-0.4, -0.2) is 39.1 Å². The average molecular weight is 549 g/mol. The monoisotopic (exact) mass is 548 g/mol. The fourth-order valence-corrected chi connectivity index (χ4v) is 3.35. The summed E-state index contributed by atoms with van der Waals surface area (Å²) in [7, 11) is 1.17. The standard InChI is InChI=1S/C23H19ClF6N4O3/c1-4-31-21(35)20-32-34(22(36)33(20)3)18-10-19(37-11(2)23(28,29)30)13(9-17(18)27)16(26)8-12-14(24)6-5-7-15(12)25/h5-11H,4H2,1-3H3,(H,31,35)/b16-8-/t11-/m0/s1. The van der Waals surface area contributed by atoms with Crippen LogP contribution in [0.2, 0.25) is 5.02 Å². The lowest BCUT2D eigenvalue weighted by molar-refractivity contribution is -0.189. The van der Waals surface area contributed by atoms with E-state index in [0.29, 0.717) is 29.8 Å². The predicted molar refractivity (Wildman–Crippen MR) is 123 cm³/mol. The Bertz CT molecular complexity index is 1410. The van der Waals surface area contributed by atoms with E-state index in [0.717, 1.165) is 10.6 Å². The highest BCUT2D eigenvalue weighted by molar-refractivity contribution is 6.32. The highest BCUT2D eigenvalue weighted by Gasteiger charge is 2.39. The molecule has 0 aliphatic rings. The quantitative estimate of drug-likeness (QED) is 0.331. The molecule has 0 radical (unpaired) electrons. The minimum atomic E-state index is -4.89. The Balaban J connectivity index is 2.22. The van der Waals surface area contributed by atoms with Crippen molar-refractivity contribution in [3.8, 4) is 11.4 Å². The van der Waals surface area contributed by atoms with Gasteiger partial charge in [0.05, 0.1) is 10.6 Å². The molecule has 0 bridgehead atoms. The fraction of sp³-hybridized carbons (Fsp3) is 0.261. The van der Waals surface area contributed by atoms with Gasteiger partial charge in [-0.2, -0.15) is 17.9 Å². The third-order valence-corrected chi connectivity index (χ3v) is 5.42. The Kier molecular flexibility index (Phi) is 8.06. The maximum Gasteiger partial charge on any atom is 0.425 e. The van der Waals surface area contributed by atoms with Crippen molar-refractivity contribution in [3.63, 3.8) is 0 Å². The van der Waals surface area contributed by atoms with Crippen LogP contribution < -0.4 is 15.7 Å². The molecule has 7 nitrogen and oxygen atoms in total. The van der Waals surface area contributed by atoms with Gasteiger partial charge in [-0.25, -0.2) is 18.0 Å². The van der Waals surface area contributed by atoms with Crippen LogP contribution >= 0.6 is 11.6 Å². The Morgan fingerprint density at radius 3 is 2.51 bits per heavy atom. The van der Waals surface area contributed by atoms with Crippen LogP contribution in [0.3, 0.4) is 0 Å². The first kappa shape index (κ1) is 27.8. The Hall–Kier alpha value is -3.74. The molecule has 1 N–H and O–H groups in total. The number of amides is 1. The first-order valence-electron chi connectivity index (χ1n) is 10.6. The second-order valence-electron chi connectivity index (χ2n) is 7.67. The van der Waals surface area contributed by atoms with E-state index >= 15 is 8.78 Å². The summed E-state index contributed by atoms with van der Waals surface area (Å²) in [5.74, 6) is -5.63. The first-order valence-corrected chi connectivity index (χ1v) is 11.0. The van der Waals surface area contributed by atoms with Gasteiger partial charge < -0.3 is 10.1 Å².